The van der Waals surface area contributed by atoms with Gasteiger partial charge in [-0.25, -0.2) is 0 Å². The highest BCUT2D eigenvalue weighted by Gasteiger charge is 2.38. The molecule has 1 aromatic rings. The fourth-order valence-electron chi connectivity index (χ4n) is 2.54. The van der Waals surface area contributed by atoms with E-state index in [9.17, 15) is 0 Å². The summed E-state index contributed by atoms with van der Waals surface area (Å²) in [5.41, 5.74) is 1.18. The number of hydrogen-bond acceptors (Lipinski definition) is 3. The molecular weight excluding hydrogens is 379 g/mol. The fraction of sp³-hybridized carbons (Fsp3) is 0.462. The van der Waals surface area contributed by atoms with Crippen LogP contribution in [-0.4, -0.2) is 16.5 Å². The number of hydrogen-bond donors (Lipinski definition) is 1. The van der Waals surface area contributed by atoms with E-state index < -0.39 is 0 Å². The lowest BCUT2D eigenvalue weighted by Gasteiger charge is -2.16. The van der Waals surface area contributed by atoms with Crippen molar-refractivity contribution in [3.05, 3.63) is 26.8 Å². The van der Waals surface area contributed by atoms with Crippen LogP contribution >= 0.6 is 46.0 Å². The van der Waals surface area contributed by atoms with Gasteiger partial charge in [-0.05, 0) is 53.6 Å². The van der Waals surface area contributed by atoms with Gasteiger partial charge >= 0.3 is 0 Å². The Hall–Kier alpha value is 0.0600. The Bertz CT molecular complexity index is 498. The van der Waals surface area contributed by atoms with E-state index in [0.717, 1.165) is 25.2 Å². The minimum absolute atomic E-state index is 0.225. The molecule has 1 aromatic carbocycles. The number of benzene rings is 1. The van der Waals surface area contributed by atoms with Gasteiger partial charge in [0, 0.05) is 9.32 Å². The number of anilines is 1. The number of halogens is 2. The second kappa shape index (κ2) is 5.21. The number of nitrogens with one attached hydrogen (secondary N) is 1. The Morgan fingerprint density at radius 2 is 2.11 bits per heavy atom. The van der Waals surface area contributed by atoms with Crippen LogP contribution in [0.1, 0.15) is 25.7 Å². The van der Waals surface area contributed by atoms with E-state index in [2.05, 4.69) is 34.0 Å². The lowest BCUT2D eigenvalue weighted by molar-refractivity contribution is 0.508. The Morgan fingerprint density at radius 3 is 2.83 bits per heavy atom. The Balaban J connectivity index is 1.77. The van der Waals surface area contributed by atoms with Crippen LogP contribution in [0.4, 0.5) is 5.69 Å². The largest absolute Gasteiger partial charge is 0.334 e. The second-order valence-electron chi connectivity index (χ2n) is 4.89. The maximum Gasteiger partial charge on any atom is 0.161 e. The van der Waals surface area contributed by atoms with Crippen LogP contribution in [0.3, 0.4) is 0 Å². The van der Waals surface area contributed by atoms with E-state index in [4.69, 9.17) is 16.6 Å². The molecule has 0 bridgehead atoms. The van der Waals surface area contributed by atoms with Gasteiger partial charge in [0.1, 0.15) is 0 Å². The molecule has 1 saturated carbocycles. The van der Waals surface area contributed by atoms with Gasteiger partial charge in [0.2, 0.25) is 0 Å². The lowest BCUT2D eigenvalue weighted by Crippen LogP contribution is -2.21. The highest BCUT2D eigenvalue weighted by Crippen LogP contribution is 2.41. The molecule has 1 aliphatic heterocycles. The molecule has 18 heavy (non-hydrogen) atoms. The molecule has 0 saturated heterocycles. The van der Waals surface area contributed by atoms with E-state index >= 15 is 0 Å². The van der Waals surface area contributed by atoms with E-state index in [1.807, 2.05) is 23.9 Å². The molecule has 96 valence electrons. The van der Waals surface area contributed by atoms with Crippen molar-refractivity contribution >= 4 is 56.8 Å². The number of thioether (sulfide) groups is 1. The zero-order valence-corrected chi connectivity index (χ0v) is 13.6. The average Bonchev–Trinajstić information content (AvgIpc) is 2.94. The first-order valence-corrected chi connectivity index (χ1v) is 8.56. The summed E-state index contributed by atoms with van der Waals surface area (Å²) in [6.07, 6.45) is 5.13. The van der Waals surface area contributed by atoms with Gasteiger partial charge in [0.25, 0.3) is 0 Å². The molecule has 5 heteroatoms. The van der Waals surface area contributed by atoms with Crippen molar-refractivity contribution in [2.24, 2.45) is 4.99 Å². The minimum Gasteiger partial charge on any atom is -0.334 e. The van der Waals surface area contributed by atoms with Gasteiger partial charge in [0.05, 0.1) is 16.2 Å². The van der Waals surface area contributed by atoms with E-state index in [1.165, 1.54) is 25.7 Å². The highest BCUT2D eigenvalue weighted by atomic mass is 127. The van der Waals surface area contributed by atoms with Crippen molar-refractivity contribution < 1.29 is 0 Å². The molecule has 2 aliphatic rings. The number of nitrogens with zero attached hydrogens (tertiary/aromatic N) is 1. The van der Waals surface area contributed by atoms with Crippen LogP contribution in [0.2, 0.25) is 5.02 Å². The first-order chi connectivity index (χ1) is 8.67. The standard InChI is InChI=1S/C13H14ClIN2S/c14-10-7-9(15)3-4-11(10)16-12-17-13(8-18-12)5-1-2-6-13/h3-4,7H,1-2,5-6,8H2,(H,16,17). The van der Waals surface area contributed by atoms with E-state index in [1.54, 1.807) is 0 Å². The Kier molecular flexibility index (Phi) is 3.78. The van der Waals surface area contributed by atoms with Crippen molar-refractivity contribution in [1.82, 2.24) is 0 Å². The van der Waals surface area contributed by atoms with Crippen LogP contribution < -0.4 is 5.32 Å². The number of rotatable bonds is 1. The predicted molar refractivity (Wildman–Crippen MR) is 88.9 cm³/mol. The molecule has 1 aliphatic carbocycles. The van der Waals surface area contributed by atoms with Crippen LogP contribution in [0.15, 0.2) is 23.2 Å². The molecule has 0 unspecified atom stereocenters. The summed E-state index contributed by atoms with van der Waals surface area (Å²) < 4.78 is 1.15. The summed E-state index contributed by atoms with van der Waals surface area (Å²) in [4.78, 5) is 4.89. The van der Waals surface area contributed by atoms with Crippen molar-refractivity contribution in [3.8, 4) is 0 Å². The summed E-state index contributed by atoms with van der Waals surface area (Å²) in [7, 11) is 0. The molecule has 1 spiro atoms. The van der Waals surface area contributed by atoms with Crippen molar-refractivity contribution in [2.45, 2.75) is 31.2 Å². The normalized spacial score (nSPS) is 21.3. The fourth-order valence-corrected chi connectivity index (χ4v) is 4.64. The van der Waals surface area contributed by atoms with E-state index in [-0.39, 0.29) is 5.54 Å². The zero-order chi connectivity index (χ0) is 12.6. The molecule has 2 nitrogen and oxygen atoms in total. The molecular formula is C13H14ClIN2S. The minimum atomic E-state index is 0.225. The van der Waals surface area contributed by atoms with Gasteiger partial charge in [0.15, 0.2) is 5.17 Å². The maximum atomic E-state index is 6.23. The zero-order valence-electron chi connectivity index (χ0n) is 9.88. The summed E-state index contributed by atoms with van der Waals surface area (Å²) >= 11 is 10.3. The summed E-state index contributed by atoms with van der Waals surface area (Å²) in [5, 5.41) is 5.15. The molecule has 0 amide bonds. The SMILES string of the molecule is Clc1cc(I)ccc1NC1=NC2(CCCC2)CS1. The average molecular weight is 393 g/mol. The molecule has 0 radical (unpaired) electrons. The van der Waals surface area contributed by atoms with Crippen molar-refractivity contribution in [3.63, 3.8) is 0 Å². The van der Waals surface area contributed by atoms with Gasteiger partial charge in [-0.1, -0.05) is 36.2 Å². The molecule has 1 N–H and O–H groups in total. The first kappa shape index (κ1) is 13.1. The summed E-state index contributed by atoms with van der Waals surface area (Å²) in [5.74, 6) is 1.12. The van der Waals surface area contributed by atoms with Crippen LogP contribution in [-0.2, 0) is 0 Å². The Morgan fingerprint density at radius 1 is 1.33 bits per heavy atom. The monoisotopic (exact) mass is 392 g/mol. The smallest absolute Gasteiger partial charge is 0.161 e. The highest BCUT2D eigenvalue weighted by molar-refractivity contribution is 14.1. The third kappa shape index (κ3) is 2.65. The number of amidine groups is 1. The first-order valence-electron chi connectivity index (χ1n) is 6.12. The Labute approximate surface area is 130 Å². The van der Waals surface area contributed by atoms with Gasteiger partial charge in [-0.2, -0.15) is 0 Å². The van der Waals surface area contributed by atoms with E-state index in [0.29, 0.717) is 0 Å². The van der Waals surface area contributed by atoms with Crippen molar-refractivity contribution in [2.75, 3.05) is 11.1 Å². The molecule has 3 rings (SSSR count). The quantitative estimate of drug-likeness (QED) is 0.696. The molecule has 1 fully saturated rings. The third-order valence-corrected chi connectivity index (χ3v) is 5.66. The maximum absolute atomic E-state index is 6.23. The van der Waals surface area contributed by atoms with Gasteiger partial charge in [-0.3, -0.25) is 4.99 Å². The van der Waals surface area contributed by atoms with Crippen molar-refractivity contribution in [1.29, 1.82) is 0 Å². The van der Waals surface area contributed by atoms with Gasteiger partial charge < -0.3 is 5.32 Å². The summed E-state index contributed by atoms with van der Waals surface area (Å²) in [6.45, 7) is 0. The van der Waals surface area contributed by atoms with Gasteiger partial charge in [-0.15, -0.1) is 0 Å². The van der Waals surface area contributed by atoms with Crippen LogP contribution in [0.5, 0.6) is 0 Å². The molecule has 1 heterocycles. The third-order valence-electron chi connectivity index (χ3n) is 3.52. The summed E-state index contributed by atoms with van der Waals surface area (Å²) in [6, 6.07) is 6.04. The molecule has 0 aromatic heterocycles. The predicted octanol–water partition coefficient (Wildman–Crippen LogP) is 4.77. The lowest BCUT2D eigenvalue weighted by atomic mass is 10.0. The number of aliphatic imine (C=N–C) groups is 1. The second-order valence-corrected chi connectivity index (χ2v) is 7.50. The van der Waals surface area contributed by atoms with Crippen LogP contribution in [0, 0.1) is 3.57 Å². The molecule has 0 atom stereocenters. The topological polar surface area (TPSA) is 24.4 Å². The van der Waals surface area contributed by atoms with Crippen LogP contribution in [0.25, 0.3) is 0 Å².